The lowest BCUT2D eigenvalue weighted by molar-refractivity contribution is -0.114. The molecule has 2 aromatic rings. The van der Waals surface area contributed by atoms with Gasteiger partial charge in [-0.15, -0.1) is 0 Å². The highest BCUT2D eigenvalue weighted by molar-refractivity contribution is 7.94. The van der Waals surface area contributed by atoms with E-state index in [1.54, 1.807) is 42.6 Å². The third kappa shape index (κ3) is 7.66. The molecule has 2 heterocycles. The summed E-state index contributed by atoms with van der Waals surface area (Å²) in [4.78, 5) is 16.1. The maximum absolute atomic E-state index is 11.9. The minimum atomic E-state index is -2.99. The summed E-state index contributed by atoms with van der Waals surface area (Å²) in [6, 6.07) is 10.7. The van der Waals surface area contributed by atoms with E-state index in [2.05, 4.69) is 15.8 Å². The number of pyridine rings is 1. The first-order chi connectivity index (χ1) is 17.2. The second-order valence-electron chi connectivity index (χ2n) is 8.59. The molecular formula is C25H28N2O7S2. The summed E-state index contributed by atoms with van der Waals surface area (Å²) < 4.78 is 54.0. The predicted molar refractivity (Wildman–Crippen MR) is 137 cm³/mol. The number of hydrogen-bond donors (Lipinski definition) is 1. The number of benzene rings is 1. The van der Waals surface area contributed by atoms with Gasteiger partial charge in [0.1, 0.15) is 34.0 Å². The number of nitrogens with zero attached hydrogens (tertiary/aromatic N) is 1. The number of ether oxygens (including phenoxy) is 3. The summed E-state index contributed by atoms with van der Waals surface area (Å²) in [5.74, 6) is 1.46. The van der Waals surface area contributed by atoms with Crippen LogP contribution in [-0.2, 0) is 25.6 Å². The minimum Gasteiger partial charge on any atom is -0.489 e. The van der Waals surface area contributed by atoms with Gasteiger partial charge in [0.05, 0.1) is 23.5 Å². The molecule has 1 aromatic carbocycles. The molecule has 1 amide bonds. The Morgan fingerprint density at radius 2 is 1.89 bits per heavy atom. The van der Waals surface area contributed by atoms with Crippen molar-refractivity contribution in [3.63, 3.8) is 0 Å². The molecule has 0 fully saturated rings. The SMILES string of the molecule is CS(=O)(=O)CCCOc1ccc(OC2C=C(COc3ccc(C4=CC(=O)NS4=O)cc3)CCC2)cn1. The monoisotopic (exact) mass is 532 g/mol. The molecule has 2 aliphatic rings. The van der Waals surface area contributed by atoms with Crippen molar-refractivity contribution < 1.29 is 31.6 Å². The lowest BCUT2D eigenvalue weighted by Crippen LogP contribution is -2.19. The Kier molecular flexibility index (Phi) is 8.42. The fourth-order valence-corrected chi connectivity index (χ4v) is 5.36. The Morgan fingerprint density at radius 3 is 2.56 bits per heavy atom. The Morgan fingerprint density at radius 1 is 1.11 bits per heavy atom. The summed E-state index contributed by atoms with van der Waals surface area (Å²) in [5.41, 5.74) is 1.85. The first-order valence-electron chi connectivity index (χ1n) is 11.6. The number of amides is 1. The van der Waals surface area contributed by atoms with E-state index in [-0.39, 0.29) is 24.4 Å². The quantitative estimate of drug-likeness (QED) is 0.346. The fraction of sp³-hybridized carbons (Fsp3) is 0.360. The zero-order valence-electron chi connectivity index (χ0n) is 19.8. The fourth-order valence-electron chi connectivity index (χ4n) is 3.80. The van der Waals surface area contributed by atoms with Crippen LogP contribution in [0.4, 0.5) is 0 Å². The van der Waals surface area contributed by atoms with Crippen molar-refractivity contribution in [3.8, 4) is 17.4 Å². The van der Waals surface area contributed by atoms with E-state index in [0.29, 0.717) is 40.9 Å². The molecule has 1 aromatic heterocycles. The number of nitrogens with one attached hydrogen (secondary N) is 1. The number of rotatable bonds is 11. The van der Waals surface area contributed by atoms with Crippen LogP contribution in [0.5, 0.6) is 17.4 Å². The Balaban J connectivity index is 1.25. The molecule has 1 aliphatic heterocycles. The Labute approximate surface area is 213 Å². The average Bonchev–Trinajstić information content (AvgIpc) is 3.19. The van der Waals surface area contributed by atoms with Gasteiger partial charge >= 0.3 is 0 Å². The molecule has 0 saturated carbocycles. The standard InChI is InChI=1S/C25H28N2O7S2/c1-36(30,31)13-3-12-32-25-11-10-22(16-26-25)34-21-5-2-4-18(14-21)17-33-20-8-6-19(7-9-20)23-15-24(28)27-35(23)29/h6-11,14-16,21H,2-5,12-13,17H2,1H3,(H,27,28). The normalized spacial score (nSPS) is 19.8. The van der Waals surface area contributed by atoms with E-state index in [0.717, 1.165) is 24.8 Å². The van der Waals surface area contributed by atoms with E-state index in [1.165, 1.54) is 12.3 Å². The highest BCUT2D eigenvalue weighted by Crippen LogP contribution is 2.26. The third-order valence-corrected chi connectivity index (χ3v) is 7.70. The molecular weight excluding hydrogens is 504 g/mol. The molecule has 0 radical (unpaired) electrons. The molecule has 36 heavy (non-hydrogen) atoms. The van der Waals surface area contributed by atoms with E-state index in [9.17, 15) is 17.4 Å². The largest absolute Gasteiger partial charge is 0.489 e. The summed E-state index contributed by atoms with van der Waals surface area (Å²) in [5, 5.41) is 0. The molecule has 2 unspecified atom stereocenters. The predicted octanol–water partition coefficient (Wildman–Crippen LogP) is 2.97. The van der Waals surface area contributed by atoms with E-state index in [4.69, 9.17) is 14.2 Å². The second kappa shape index (κ2) is 11.7. The molecule has 1 N–H and O–H groups in total. The van der Waals surface area contributed by atoms with Gasteiger partial charge in [0.15, 0.2) is 11.0 Å². The van der Waals surface area contributed by atoms with E-state index < -0.39 is 20.8 Å². The van der Waals surface area contributed by atoms with E-state index in [1.807, 2.05) is 0 Å². The van der Waals surface area contributed by atoms with Crippen molar-refractivity contribution in [2.45, 2.75) is 31.8 Å². The molecule has 192 valence electrons. The van der Waals surface area contributed by atoms with Crippen molar-refractivity contribution in [2.75, 3.05) is 25.2 Å². The summed E-state index contributed by atoms with van der Waals surface area (Å²) in [6.07, 6.45) is 9.35. The summed E-state index contributed by atoms with van der Waals surface area (Å²) in [6.45, 7) is 0.721. The maximum Gasteiger partial charge on any atom is 0.257 e. The number of carbonyl (C=O) groups excluding carboxylic acids is 1. The van der Waals surface area contributed by atoms with Gasteiger partial charge in [-0.25, -0.2) is 17.6 Å². The highest BCUT2D eigenvalue weighted by Gasteiger charge is 2.21. The van der Waals surface area contributed by atoms with Crippen LogP contribution in [0.15, 0.2) is 60.3 Å². The van der Waals surface area contributed by atoms with Gasteiger partial charge in [0.2, 0.25) is 5.88 Å². The van der Waals surface area contributed by atoms with Crippen LogP contribution in [0.1, 0.15) is 31.2 Å². The lowest BCUT2D eigenvalue weighted by atomic mass is 9.98. The summed E-state index contributed by atoms with van der Waals surface area (Å²) >= 11 is 0. The van der Waals surface area contributed by atoms with Gasteiger partial charge in [0, 0.05) is 18.4 Å². The molecule has 0 saturated heterocycles. The molecule has 9 nitrogen and oxygen atoms in total. The lowest BCUT2D eigenvalue weighted by Gasteiger charge is -2.22. The van der Waals surface area contributed by atoms with Gasteiger partial charge in [-0.2, -0.15) is 0 Å². The number of aromatic nitrogens is 1. The van der Waals surface area contributed by atoms with E-state index >= 15 is 0 Å². The number of sulfone groups is 1. The maximum atomic E-state index is 11.9. The highest BCUT2D eigenvalue weighted by atomic mass is 32.2. The molecule has 4 rings (SSSR count). The zero-order valence-corrected chi connectivity index (χ0v) is 21.5. The van der Waals surface area contributed by atoms with Crippen LogP contribution in [0.3, 0.4) is 0 Å². The Bertz CT molecular complexity index is 1270. The van der Waals surface area contributed by atoms with Crippen LogP contribution in [0.25, 0.3) is 4.91 Å². The molecule has 2 atom stereocenters. The van der Waals surface area contributed by atoms with Gasteiger partial charge in [-0.3, -0.25) is 9.52 Å². The third-order valence-electron chi connectivity index (χ3n) is 5.53. The smallest absolute Gasteiger partial charge is 0.257 e. The topological polar surface area (TPSA) is 121 Å². The van der Waals surface area contributed by atoms with Crippen molar-refractivity contribution in [3.05, 3.63) is 65.9 Å². The number of carbonyl (C=O) groups is 1. The Hall–Kier alpha value is -3.18. The molecule has 0 spiro atoms. The van der Waals surface area contributed by atoms with Crippen molar-refractivity contribution in [1.82, 2.24) is 9.71 Å². The van der Waals surface area contributed by atoms with Gasteiger partial charge in [-0.1, -0.05) is 12.1 Å². The zero-order chi connectivity index (χ0) is 25.5. The second-order valence-corrected chi connectivity index (χ2v) is 12.0. The van der Waals surface area contributed by atoms with Crippen molar-refractivity contribution >= 4 is 31.6 Å². The van der Waals surface area contributed by atoms with Gasteiger partial charge in [-0.05, 0) is 61.1 Å². The minimum absolute atomic E-state index is 0.0832. The van der Waals surface area contributed by atoms with Gasteiger partial charge in [0.25, 0.3) is 5.91 Å². The first-order valence-corrected chi connectivity index (χ1v) is 14.8. The van der Waals surface area contributed by atoms with Crippen LogP contribution in [0, 0.1) is 0 Å². The molecule has 11 heteroatoms. The van der Waals surface area contributed by atoms with Crippen molar-refractivity contribution in [1.29, 1.82) is 0 Å². The first kappa shape index (κ1) is 25.9. The molecule has 0 bridgehead atoms. The average molecular weight is 533 g/mol. The van der Waals surface area contributed by atoms with Crippen LogP contribution in [-0.4, -0.2) is 54.8 Å². The van der Waals surface area contributed by atoms with Gasteiger partial charge < -0.3 is 14.2 Å². The van der Waals surface area contributed by atoms with Crippen LogP contribution >= 0.6 is 0 Å². The summed E-state index contributed by atoms with van der Waals surface area (Å²) in [7, 11) is -4.51. The number of hydrogen-bond acceptors (Lipinski definition) is 8. The molecule has 1 aliphatic carbocycles. The van der Waals surface area contributed by atoms with Crippen molar-refractivity contribution in [2.24, 2.45) is 0 Å². The van der Waals surface area contributed by atoms with Crippen LogP contribution in [0.2, 0.25) is 0 Å². The van der Waals surface area contributed by atoms with Crippen LogP contribution < -0.4 is 18.9 Å².